The van der Waals surface area contributed by atoms with Crippen molar-refractivity contribution < 1.29 is 4.42 Å². The van der Waals surface area contributed by atoms with Gasteiger partial charge in [-0.15, -0.1) is 0 Å². The van der Waals surface area contributed by atoms with Gasteiger partial charge < -0.3 is 15.1 Å². The fourth-order valence-electron chi connectivity index (χ4n) is 2.76. The molecule has 1 fully saturated rings. The van der Waals surface area contributed by atoms with Crippen molar-refractivity contribution in [3.63, 3.8) is 0 Å². The number of piperidine rings is 1. The number of hydrogen-bond donors (Lipinski definition) is 2. The van der Waals surface area contributed by atoms with Crippen LogP contribution in [0.25, 0.3) is 0 Å². The molecule has 2 heterocycles. The Morgan fingerprint density at radius 1 is 1.29 bits per heavy atom. The van der Waals surface area contributed by atoms with Crippen LogP contribution < -0.4 is 10.6 Å². The molecule has 4 nitrogen and oxygen atoms in total. The van der Waals surface area contributed by atoms with Crippen molar-refractivity contribution in [1.29, 1.82) is 0 Å². The van der Waals surface area contributed by atoms with Gasteiger partial charge in [0.1, 0.15) is 5.76 Å². The zero-order valence-corrected chi connectivity index (χ0v) is 10.3. The maximum Gasteiger partial charge on any atom is 0.295 e. The molecule has 1 aliphatic carbocycles. The molecule has 0 saturated carbocycles. The van der Waals surface area contributed by atoms with Gasteiger partial charge in [-0.2, -0.15) is 4.98 Å². The Morgan fingerprint density at radius 2 is 2.24 bits per heavy atom. The van der Waals surface area contributed by atoms with E-state index in [1.165, 1.54) is 37.9 Å². The van der Waals surface area contributed by atoms with E-state index in [0.29, 0.717) is 5.92 Å². The summed E-state index contributed by atoms with van der Waals surface area (Å²) < 4.78 is 5.75. The highest BCUT2D eigenvalue weighted by molar-refractivity contribution is 5.27. The zero-order valence-electron chi connectivity index (χ0n) is 10.3. The maximum atomic E-state index is 5.75. The minimum atomic E-state index is 0.715. The largest absolute Gasteiger partial charge is 0.428 e. The molecule has 0 spiro atoms. The second kappa shape index (κ2) is 5.08. The summed E-state index contributed by atoms with van der Waals surface area (Å²) in [5.74, 6) is 1.83. The van der Waals surface area contributed by atoms with Crippen LogP contribution in [-0.2, 0) is 12.8 Å². The van der Waals surface area contributed by atoms with Gasteiger partial charge in [0, 0.05) is 13.0 Å². The van der Waals surface area contributed by atoms with Crippen molar-refractivity contribution in [3.05, 3.63) is 11.5 Å². The molecule has 1 aromatic rings. The van der Waals surface area contributed by atoms with Crippen molar-refractivity contribution in [2.75, 3.05) is 25.0 Å². The molecule has 1 aromatic heterocycles. The lowest BCUT2D eigenvalue weighted by Gasteiger charge is -2.22. The van der Waals surface area contributed by atoms with Crippen LogP contribution in [0, 0.1) is 5.92 Å². The fraction of sp³-hybridized carbons (Fsp3) is 0.769. The molecule has 2 N–H and O–H groups in total. The number of hydrogen-bond acceptors (Lipinski definition) is 4. The molecule has 17 heavy (non-hydrogen) atoms. The van der Waals surface area contributed by atoms with Crippen molar-refractivity contribution in [2.24, 2.45) is 5.92 Å². The fourth-order valence-corrected chi connectivity index (χ4v) is 2.76. The SMILES string of the molecule is C1CCc2oc(NCC3CCCNC3)nc2C1. The first-order chi connectivity index (χ1) is 8.42. The lowest BCUT2D eigenvalue weighted by Crippen LogP contribution is -2.33. The van der Waals surface area contributed by atoms with Gasteiger partial charge in [0.15, 0.2) is 0 Å². The Balaban J connectivity index is 1.55. The number of nitrogens with one attached hydrogen (secondary N) is 2. The molecular weight excluding hydrogens is 214 g/mol. The Kier molecular flexibility index (Phi) is 3.31. The third kappa shape index (κ3) is 2.63. The molecule has 0 radical (unpaired) electrons. The maximum absolute atomic E-state index is 5.75. The Labute approximate surface area is 102 Å². The summed E-state index contributed by atoms with van der Waals surface area (Å²) >= 11 is 0. The summed E-state index contributed by atoms with van der Waals surface area (Å²) in [7, 11) is 0. The average molecular weight is 235 g/mol. The van der Waals surface area contributed by atoms with Crippen LogP contribution in [0.5, 0.6) is 0 Å². The van der Waals surface area contributed by atoms with E-state index >= 15 is 0 Å². The number of anilines is 1. The summed E-state index contributed by atoms with van der Waals surface area (Å²) in [6.45, 7) is 3.27. The van der Waals surface area contributed by atoms with Gasteiger partial charge in [-0.05, 0) is 51.1 Å². The van der Waals surface area contributed by atoms with Crippen LogP contribution in [0.2, 0.25) is 0 Å². The first-order valence-corrected chi connectivity index (χ1v) is 6.85. The molecule has 1 aliphatic heterocycles. The minimum Gasteiger partial charge on any atom is -0.428 e. The third-order valence-corrected chi connectivity index (χ3v) is 3.79. The van der Waals surface area contributed by atoms with Crippen LogP contribution in [0.15, 0.2) is 4.42 Å². The van der Waals surface area contributed by atoms with E-state index in [1.807, 2.05) is 0 Å². The van der Waals surface area contributed by atoms with Crippen molar-refractivity contribution >= 4 is 6.01 Å². The molecule has 4 heteroatoms. The molecule has 2 aliphatic rings. The van der Waals surface area contributed by atoms with Crippen LogP contribution in [0.1, 0.15) is 37.1 Å². The summed E-state index contributed by atoms with van der Waals surface area (Å²) in [6, 6.07) is 0.738. The van der Waals surface area contributed by atoms with Crippen LogP contribution in [0.4, 0.5) is 6.01 Å². The summed E-state index contributed by atoms with van der Waals surface area (Å²) in [4.78, 5) is 4.54. The number of rotatable bonds is 3. The molecule has 0 amide bonds. The van der Waals surface area contributed by atoms with Gasteiger partial charge in [-0.25, -0.2) is 0 Å². The highest BCUT2D eigenvalue weighted by Gasteiger charge is 2.18. The molecule has 0 bridgehead atoms. The molecule has 1 atom stereocenters. The normalized spacial score (nSPS) is 24.4. The highest BCUT2D eigenvalue weighted by Crippen LogP contribution is 2.24. The van der Waals surface area contributed by atoms with E-state index in [0.717, 1.165) is 37.7 Å². The second-order valence-corrected chi connectivity index (χ2v) is 5.19. The minimum absolute atomic E-state index is 0.715. The highest BCUT2D eigenvalue weighted by atomic mass is 16.4. The predicted octanol–water partition coefficient (Wildman–Crippen LogP) is 1.96. The number of aryl methyl sites for hydroxylation is 2. The number of aromatic nitrogens is 1. The summed E-state index contributed by atoms with van der Waals surface area (Å²) in [5.41, 5.74) is 1.18. The second-order valence-electron chi connectivity index (χ2n) is 5.19. The first-order valence-electron chi connectivity index (χ1n) is 6.85. The van der Waals surface area contributed by atoms with Crippen LogP contribution >= 0.6 is 0 Å². The predicted molar refractivity (Wildman–Crippen MR) is 67.2 cm³/mol. The van der Waals surface area contributed by atoms with Crippen LogP contribution in [-0.4, -0.2) is 24.6 Å². The Hall–Kier alpha value is -1.03. The molecule has 1 saturated heterocycles. The van der Waals surface area contributed by atoms with Gasteiger partial charge in [-0.1, -0.05) is 0 Å². The lowest BCUT2D eigenvalue weighted by atomic mass is 10.00. The Morgan fingerprint density at radius 3 is 3.06 bits per heavy atom. The van der Waals surface area contributed by atoms with E-state index in [9.17, 15) is 0 Å². The molecule has 3 rings (SSSR count). The van der Waals surface area contributed by atoms with Gasteiger partial charge >= 0.3 is 0 Å². The number of oxazole rings is 1. The van der Waals surface area contributed by atoms with Gasteiger partial charge in [0.2, 0.25) is 0 Å². The smallest absolute Gasteiger partial charge is 0.295 e. The van der Waals surface area contributed by atoms with E-state index in [2.05, 4.69) is 15.6 Å². The summed E-state index contributed by atoms with van der Waals surface area (Å²) in [6.07, 6.45) is 7.25. The average Bonchev–Trinajstić information content (AvgIpc) is 2.80. The van der Waals surface area contributed by atoms with E-state index in [1.54, 1.807) is 0 Å². The summed E-state index contributed by atoms with van der Waals surface area (Å²) in [5, 5.41) is 6.78. The van der Waals surface area contributed by atoms with Crippen molar-refractivity contribution in [2.45, 2.75) is 38.5 Å². The number of fused-ring (bicyclic) bond motifs is 1. The molecule has 0 aromatic carbocycles. The lowest BCUT2D eigenvalue weighted by molar-refractivity contribution is 0.388. The quantitative estimate of drug-likeness (QED) is 0.841. The van der Waals surface area contributed by atoms with Gasteiger partial charge in [-0.3, -0.25) is 0 Å². The van der Waals surface area contributed by atoms with E-state index < -0.39 is 0 Å². The van der Waals surface area contributed by atoms with Gasteiger partial charge in [0.25, 0.3) is 6.01 Å². The molecule has 1 unspecified atom stereocenters. The van der Waals surface area contributed by atoms with E-state index in [-0.39, 0.29) is 0 Å². The molecule has 94 valence electrons. The van der Waals surface area contributed by atoms with Crippen molar-refractivity contribution in [1.82, 2.24) is 10.3 Å². The van der Waals surface area contributed by atoms with Crippen LogP contribution in [0.3, 0.4) is 0 Å². The molecular formula is C13H21N3O. The Bertz CT molecular complexity index is 345. The van der Waals surface area contributed by atoms with Gasteiger partial charge in [0.05, 0.1) is 5.69 Å². The number of nitrogens with zero attached hydrogens (tertiary/aromatic N) is 1. The van der Waals surface area contributed by atoms with Crippen molar-refractivity contribution in [3.8, 4) is 0 Å². The standard InChI is InChI=1S/C13H21N3O/c1-2-6-12-11(5-1)16-13(17-12)15-9-10-4-3-7-14-8-10/h10,14H,1-9H2,(H,15,16). The van der Waals surface area contributed by atoms with E-state index in [4.69, 9.17) is 4.42 Å². The monoisotopic (exact) mass is 235 g/mol. The first kappa shape index (κ1) is 11.1. The zero-order chi connectivity index (χ0) is 11.5. The third-order valence-electron chi connectivity index (χ3n) is 3.79. The topological polar surface area (TPSA) is 50.1 Å².